The van der Waals surface area contributed by atoms with Crippen molar-refractivity contribution in [1.29, 1.82) is 0 Å². The van der Waals surface area contributed by atoms with Crippen LogP contribution in [0.5, 0.6) is 0 Å². The molecular formula is C3H4O4Si. The van der Waals surface area contributed by atoms with Crippen molar-refractivity contribution in [3.05, 3.63) is 12.7 Å². The average Bonchev–Trinajstić information content (AvgIpc) is 1.65. The first-order valence-corrected chi connectivity index (χ1v) is 3.00. The SMILES string of the molecule is C=CC(=O)O[Si](=O)O. The maximum Gasteiger partial charge on any atom is 0.772 e. The topological polar surface area (TPSA) is 63.6 Å². The van der Waals surface area contributed by atoms with Crippen LogP contribution in [0.4, 0.5) is 0 Å². The van der Waals surface area contributed by atoms with Crippen molar-refractivity contribution in [2.45, 2.75) is 0 Å². The number of rotatable bonds is 2. The first-order valence-electron chi connectivity index (χ1n) is 1.74. The van der Waals surface area contributed by atoms with E-state index in [1.807, 2.05) is 0 Å². The fourth-order valence-corrected chi connectivity index (χ4v) is 0.383. The van der Waals surface area contributed by atoms with Crippen LogP contribution in [-0.4, -0.2) is 19.9 Å². The Balaban J connectivity index is 3.55. The molecule has 0 aromatic heterocycles. The fourth-order valence-electron chi connectivity index (χ4n) is 0.128. The molecule has 0 aliphatic heterocycles. The molecule has 0 rings (SSSR count). The first kappa shape index (κ1) is 7.03. The van der Waals surface area contributed by atoms with Gasteiger partial charge in [-0.25, -0.2) is 4.79 Å². The molecule has 0 atom stereocenters. The van der Waals surface area contributed by atoms with Crippen molar-refractivity contribution in [1.82, 2.24) is 0 Å². The molecular weight excluding hydrogens is 128 g/mol. The molecule has 0 bridgehead atoms. The third-order valence-corrected chi connectivity index (χ3v) is 0.730. The summed E-state index contributed by atoms with van der Waals surface area (Å²) in [6.45, 7) is 3.01. The minimum Gasteiger partial charge on any atom is -0.511 e. The molecule has 0 aliphatic rings. The van der Waals surface area contributed by atoms with Crippen molar-refractivity contribution in [3.8, 4) is 0 Å². The van der Waals surface area contributed by atoms with Crippen LogP contribution in [0.1, 0.15) is 0 Å². The van der Waals surface area contributed by atoms with Gasteiger partial charge in [-0.3, -0.25) is 4.46 Å². The minimum absolute atomic E-state index is 0.818. The van der Waals surface area contributed by atoms with E-state index in [0.717, 1.165) is 6.08 Å². The van der Waals surface area contributed by atoms with Crippen LogP contribution >= 0.6 is 0 Å². The first-order chi connectivity index (χ1) is 3.66. The van der Waals surface area contributed by atoms with Crippen LogP contribution < -0.4 is 0 Å². The van der Waals surface area contributed by atoms with E-state index in [2.05, 4.69) is 11.0 Å². The van der Waals surface area contributed by atoms with Gasteiger partial charge < -0.3 is 9.22 Å². The van der Waals surface area contributed by atoms with E-state index >= 15 is 0 Å². The third kappa shape index (κ3) is 3.23. The van der Waals surface area contributed by atoms with Gasteiger partial charge in [-0.1, -0.05) is 6.58 Å². The minimum atomic E-state index is -3.12. The van der Waals surface area contributed by atoms with Crippen molar-refractivity contribution < 1.29 is 18.5 Å². The average molecular weight is 132 g/mol. The van der Waals surface area contributed by atoms with E-state index in [1.165, 1.54) is 0 Å². The number of carbonyl (C=O) groups is 1. The van der Waals surface area contributed by atoms with Crippen molar-refractivity contribution in [2.24, 2.45) is 0 Å². The molecule has 1 N–H and O–H groups in total. The molecule has 0 spiro atoms. The molecule has 5 heteroatoms. The van der Waals surface area contributed by atoms with E-state index in [1.54, 1.807) is 0 Å². The third-order valence-electron chi connectivity index (χ3n) is 0.355. The normalized spacial score (nSPS) is 7.50. The predicted molar refractivity (Wildman–Crippen MR) is 24.9 cm³/mol. The summed E-state index contributed by atoms with van der Waals surface area (Å²) >= 11 is 0. The largest absolute Gasteiger partial charge is 0.772 e. The van der Waals surface area contributed by atoms with Gasteiger partial charge in [0.15, 0.2) is 0 Å². The van der Waals surface area contributed by atoms with Crippen LogP contribution in [-0.2, 0) is 13.7 Å². The van der Waals surface area contributed by atoms with Gasteiger partial charge in [0.2, 0.25) is 0 Å². The van der Waals surface area contributed by atoms with Gasteiger partial charge in [-0.05, 0) is 0 Å². The Morgan fingerprint density at radius 1 is 1.88 bits per heavy atom. The van der Waals surface area contributed by atoms with Crippen LogP contribution in [0.25, 0.3) is 0 Å². The zero-order valence-electron chi connectivity index (χ0n) is 3.96. The molecule has 8 heavy (non-hydrogen) atoms. The number of hydrogen-bond acceptors (Lipinski definition) is 3. The van der Waals surface area contributed by atoms with E-state index in [0.29, 0.717) is 0 Å². The van der Waals surface area contributed by atoms with E-state index in [-0.39, 0.29) is 0 Å². The highest BCUT2D eigenvalue weighted by Crippen LogP contribution is 1.73. The summed E-state index contributed by atoms with van der Waals surface area (Å²) in [5.41, 5.74) is 0. The molecule has 0 saturated carbocycles. The highest BCUT2D eigenvalue weighted by molar-refractivity contribution is 6.28. The Hall–Kier alpha value is -0.973. The highest BCUT2D eigenvalue weighted by atomic mass is 28.3. The lowest BCUT2D eigenvalue weighted by Crippen LogP contribution is -2.10. The van der Waals surface area contributed by atoms with E-state index < -0.39 is 15.1 Å². The van der Waals surface area contributed by atoms with Gasteiger partial charge in [-0.2, -0.15) is 0 Å². The quantitative estimate of drug-likeness (QED) is 0.391. The van der Waals surface area contributed by atoms with E-state index in [4.69, 9.17) is 4.80 Å². The molecule has 0 unspecified atom stereocenters. The Kier molecular flexibility index (Phi) is 2.71. The lowest BCUT2D eigenvalue weighted by atomic mass is 10.7. The molecule has 0 fully saturated rings. The zero-order valence-corrected chi connectivity index (χ0v) is 4.96. The summed E-state index contributed by atoms with van der Waals surface area (Å²) in [4.78, 5) is 17.9. The Bertz CT molecular complexity index is 129. The van der Waals surface area contributed by atoms with Gasteiger partial charge in [0.1, 0.15) is 0 Å². The summed E-state index contributed by atoms with van der Waals surface area (Å²) in [5, 5.41) is 0. The standard InChI is InChI=1S/C3H4O4Si/c1-2-3(4)7-8(5)6/h2,5H,1H2. The molecule has 0 heterocycles. The van der Waals surface area contributed by atoms with Gasteiger partial charge in [-0.15, -0.1) is 0 Å². The summed E-state index contributed by atoms with van der Waals surface area (Å²) in [6, 6.07) is 0. The number of carbonyl (C=O) groups excluding carboxylic acids is 1. The Labute approximate surface area is 47.3 Å². The van der Waals surface area contributed by atoms with Gasteiger partial charge >= 0.3 is 15.1 Å². The second kappa shape index (κ2) is 3.08. The van der Waals surface area contributed by atoms with Gasteiger partial charge in [0.05, 0.1) is 0 Å². The highest BCUT2D eigenvalue weighted by Gasteiger charge is 2.06. The van der Waals surface area contributed by atoms with Crippen molar-refractivity contribution in [3.63, 3.8) is 0 Å². The van der Waals surface area contributed by atoms with E-state index in [9.17, 15) is 9.26 Å². The lowest BCUT2D eigenvalue weighted by Gasteiger charge is -1.86. The molecule has 0 amide bonds. The molecule has 4 nitrogen and oxygen atoms in total. The van der Waals surface area contributed by atoms with Gasteiger partial charge in [0, 0.05) is 6.08 Å². The summed E-state index contributed by atoms with van der Waals surface area (Å²) < 4.78 is 13.4. The predicted octanol–water partition coefficient (Wildman–Crippen LogP) is -0.877. The smallest absolute Gasteiger partial charge is 0.511 e. The summed E-state index contributed by atoms with van der Waals surface area (Å²) in [7, 11) is -3.12. The molecule has 0 saturated heterocycles. The monoisotopic (exact) mass is 132 g/mol. The van der Waals surface area contributed by atoms with Crippen molar-refractivity contribution in [2.75, 3.05) is 0 Å². The van der Waals surface area contributed by atoms with Crippen LogP contribution in [0.3, 0.4) is 0 Å². The Morgan fingerprint density at radius 3 is 2.50 bits per heavy atom. The summed E-state index contributed by atoms with van der Waals surface area (Å²) in [5.74, 6) is -0.878. The molecule has 0 aromatic carbocycles. The van der Waals surface area contributed by atoms with Crippen LogP contribution in [0, 0.1) is 0 Å². The Morgan fingerprint density at radius 2 is 2.38 bits per heavy atom. The number of hydrogen-bond donors (Lipinski definition) is 1. The second-order valence-electron chi connectivity index (χ2n) is 0.891. The van der Waals surface area contributed by atoms with Crippen LogP contribution in [0.15, 0.2) is 12.7 Å². The summed E-state index contributed by atoms with van der Waals surface area (Å²) in [6.07, 6.45) is 0.818. The molecule has 0 radical (unpaired) electrons. The van der Waals surface area contributed by atoms with Crippen LogP contribution in [0.2, 0.25) is 0 Å². The second-order valence-corrected chi connectivity index (χ2v) is 1.63. The fraction of sp³-hybridized carbons (Fsp3) is 0. The molecule has 44 valence electrons. The maximum atomic E-state index is 9.95. The molecule has 0 aliphatic carbocycles. The lowest BCUT2D eigenvalue weighted by molar-refractivity contribution is -0.130. The molecule has 0 aromatic rings. The van der Waals surface area contributed by atoms with Crippen molar-refractivity contribution >= 4 is 15.1 Å². The zero-order chi connectivity index (χ0) is 6.57. The maximum absolute atomic E-state index is 9.95. The van der Waals surface area contributed by atoms with Gasteiger partial charge in [0.25, 0.3) is 0 Å².